The van der Waals surface area contributed by atoms with Crippen molar-refractivity contribution in [3.8, 4) is 29.4 Å². The quantitative estimate of drug-likeness (QED) is 0.0124. The van der Waals surface area contributed by atoms with E-state index in [1.807, 2.05) is 12.1 Å². The number of benzene rings is 3. The number of ether oxygens (including phenoxy) is 4. The summed E-state index contributed by atoms with van der Waals surface area (Å²) in [5.41, 5.74) is 6.00. The topological polar surface area (TPSA) is 493 Å². The molecule has 518 valence electrons. The fourth-order valence-corrected chi connectivity index (χ4v) is 12.9. The minimum atomic E-state index is -4.34. The predicted molar refractivity (Wildman–Crippen MR) is 346 cm³/mol. The number of aliphatic hydroxyl groups excluding tert-OH is 5. The van der Waals surface area contributed by atoms with Crippen molar-refractivity contribution < 1.29 is 98.6 Å². The summed E-state index contributed by atoms with van der Waals surface area (Å²) in [7, 11) is -8.22. The second kappa shape index (κ2) is 36.1. The largest absolute Gasteiger partial charge is 2.00 e. The monoisotopic (exact) mass is 1410 g/mol. The number of nitro groups is 1. The molecule has 6 heterocycles. The van der Waals surface area contributed by atoms with Gasteiger partial charge in [0.1, 0.15) is 95.2 Å². The third-order valence-corrected chi connectivity index (χ3v) is 17.4. The molecule has 96 heavy (non-hydrogen) atoms. The molecule has 2 fully saturated rings. The maximum atomic E-state index is 13.9. The first-order valence-electron chi connectivity index (χ1n) is 28.3. The van der Waals surface area contributed by atoms with Crippen LogP contribution in [-0.2, 0) is 53.4 Å². The molecule has 4 aromatic heterocycles. The predicted octanol–water partition coefficient (Wildman–Crippen LogP) is 3.31. The zero-order valence-electron chi connectivity index (χ0n) is 53.4. The number of hydrogen-bond donors (Lipinski definition) is 9. The first kappa shape index (κ1) is 84.4. The van der Waals surface area contributed by atoms with E-state index in [0.29, 0.717) is 16.8 Å². The first-order valence-corrected chi connectivity index (χ1v) is 31.5. The number of nitrogens with two attached hydrogens (primary N) is 2. The van der Waals surface area contributed by atoms with Gasteiger partial charge in [-0.2, -0.15) is 46.6 Å². The van der Waals surface area contributed by atoms with Gasteiger partial charge in [0.25, 0.3) is 5.69 Å². The zero-order valence-corrected chi connectivity index (χ0v) is 57.3. The number of fused-ring (bicyclic) bond motifs is 2. The molecular weight excluding hydrogens is 1330 g/mol. The number of nitrogens with zero attached hydrogens (tertiary/aromatic N) is 9. The number of nitrogen functional groups attached to an aromatic ring is 2. The summed E-state index contributed by atoms with van der Waals surface area (Å²) in [6.45, 7) is 14.8. The van der Waals surface area contributed by atoms with E-state index in [1.165, 1.54) is 90.0 Å². The van der Waals surface area contributed by atoms with Crippen molar-refractivity contribution in [2.24, 2.45) is 5.41 Å². The summed E-state index contributed by atoms with van der Waals surface area (Å²) in [6, 6.07) is 31.5. The number of halogens is 1. The van der Waals surface area contributed by atoms with Crippen LogP contribution in [0.15, 0.2) is 122 Å². The van der Waals surface area contributed by atoms with Gasteiger partial charge in [0, 0.05) is 12.1 Å². The number of hydrogen-bond acceptors (Lipinski definition) is 28. The Morgan fingerprint density at radius 1 is 0.719 bits per heavy atom. The molecule has 7 aromatic rings. The Bertz CT molecular complexity index is 3850. The molecule has 9 rings (SSSR count). The molecule has 3 aromatic carbocycles. The molecule has 0 saturated carbocycles. The first-order chi connectivity index (χ1) is 43.4. The minimum Gasteiger partial charge on any atom is -1.00 e. The van der Waals surface area contributed by atoms with E-state index in [1.54, 1.807) is 88.4 Å². The van der Waals surface area contributed by atoms with Crippen LogP contribution >= 0.6 is 15.3 Å². The molecule has 36 heteroatoms. The maximum absolute atomic E-state index is 13.9. The van der Waals surface area contributed by atoms with E-state index < -0.39 is 104 Å². The van der Waals surface area contributed by atoms with E-state index in [2.05, 4.69) is 46.0 Å². The average Bonchev–Trinajstić information content (AvgIpc) is 1.59. The zero-order chi connectivity index (χ0) is 68.0. The summed E-state index contributed by atoms with van der Waals surface area (Å²) in [4.78, 5) is 42.7. The van der Waals surface area contributed by atoms with Gasteiger partial charge in [-0.05, 0) is 102 Å². The molecule has 2 saturated heterocycles. The number of nitriles is 2. The van der Waals surface area contributed by atoms with Crippen LogP contribution < -0.4 is 48.7 Å². The van der Waals surface area contributed by atoms with Crippen molar-refractivity contribution in [1.82, 2.24) is 40.4 Å². The van der Waals surface area contributed by atoms with Crippen molar-refractivity contribution in [3.63, 3.8) is 0 Å². The Morgan fingerprint density at radius 2 is 1.12 bits per heavy atom. The molecule has 2 aliphatic rings. The van der Waals surface area contributed by atoms with Crippen molar-refractivity contribution >= 4 is 78.7 Å². The summed E-state index contributed by atoms with van der Waals surface area (Å²) in [6.07, 6.45) is -6.59. The van der Waals surface area contributed by atoms with Gasteiger partial charge in [-0.1, -0.05) is 43.8 Å². The van der Waals surface area contributed by atoms with Crippen LogP contribution in [0.1, 0.15) is 81.1 Å². The molecule has 0 radical (unpaired) electrons. The summed E-state index contributed by atoms with van der Waals surface area (Å²) >= 11 is 0. The third-order valence-electron chi connectivity index (χ3n) is 13.4. The van der Waals surface area contributed by atoms with E-state index in [9.17, 15) is 64.9 Å². The maximum Gasteiger partial charge on any atom is 2.00 e. The number of non-ortho nitro benzene ring substituents is 1. The van der Waals surface area contributed by atoms with E-state index >= 15 is 0 Å². The number of rotatable bonds is 21. The number of anilines is 2. The Labute approximate surface area is 576 Å². The SMILES string of the molecule is C.CCOC(=O)C(C)(C)CP(=O)(Oc1ccccc1)Oc1ccc([N+](=O)[O-])cc1.CCOC(=O)C(C)(C)NP(=O)(OC[C@H]1O[C@@](C#N)(c2ccc3c(N)ncnn23)[C@H](O)[C@@H]1O)Oc1ccccc1.C[C-](C)C.N.N#C[C@@]1(c2ccc3c(N)ncnn23)O[C@H](CO)[C@@H](O)[C@H]1O.[Cl-].[Mg+2]. The number of para-hydroxylation sites is 2. The molecule has 10 atom stereocenters. The fourth-order valence-electron chi connectivity index (χ4n) is 9.08. The van der Waals surface area contributed by atoms with Crippen LogP contribution in [-0.4, -0.2) is 169 Å². The van der Waals surface area contributed by atoms with Gasteiger partial charge >= 0.3 is 50.3 Å². The molecule has 0 spiro atoms. The van der Waals surface area contributed by atoms with Crippen LogP contribution in [0.3, 0.4) is 0 Å². The number of carbonyl (C=O) groups excluding carboxylic acids is 2. The molecule has 2 aliphatic heterocycles. The van der Waals surface area contributed by atoms with Gasteiger partial charge in [0.05, 0.1) is 54.3 Å². The van der Waals surface area contributed by atoms with Gasteiger partial charge in [-0.25, -0.2) is 28.1 Å². The molecule has 0 bridgehead atoms. The third kappa shape index (κ3) is 20.0. The van der Waals surface area contributed by atoms with Crippen LogP contribution in [0.2, 0.25) is 0 Å². The van der Waals surface area contributed by atoms with Gasteiger partial charge in [-0.15, -0.1) is 0 Å². The second-order valence-corrected chi connectivity index (χ2v) is 25.7. The fraction of sp³-hybridized carbons (Fsp3) is 0.417. The van der Waals surface area contributed by atoms with Gasteiger partial charge in [-0.3, -0.25) is 24.2 Å². The number of aliphatic hydroxyl groups is 5. The van der Waals surface area contributed by atoms with E-state index in [0.717, 1.165) is 0 Å². The van der Waals surface area contributed by atoms with Gasteiger partial charge in [0.2, 0.25) is 11.2 Å². The Kier molecular flexibility index (Phi) is 31.7. The van der Waals surface area contributed by atoms with Crippen LogP contribution in [0.25, 0.3) is 11.0 Å². The molecule has 2 unspecified atom stereocenters. The number of nitro benzene ring substituents is 1. The average molecular weight is 1410 g/mol. The Morgan fingerprint density at radius 3 is 1.53 bits per heavy atom. The van der Waals surface area contributed by atoms with E-state index in [4.69, 9.17) is 48.5 Å². The summed E-state index contributed by atoms with van der Waals surface area (Å²) in [5.74, 6) is 1.13. The minimum absolute atomic E-state index is 0. The summed E-state index contributed by atoms with van der Waals surface area (Å²) < 4.78 is 73.9. The van der Waals surface area contributed by atoms with Crippen molar-refractivity contribution in [2.45, 2.75) is 123 Å². The normalized spacial score (nSPS) is 21.3. The van der Waals surface area contributed by atoms with Crippen LogP contribution in [0.4, 0.5) is 17.3 Å². The standard InChI is InChI=1S/C24H29N6O8P.C19H22NO7P.C12H13N5O4.C4H9.CH4.ClH.Mg.H3N/c1-4-35-22(33)23(2,3)29-39(34,38-15-8-6-5-7-9-15)36-12-17-19(31)20(32)24(13-25,37-17)18-11-10-16-21(26)27-14-28-30(16)18;1-4-25-18(21)19(2,3)14-28(24,26-16-8-6-5-7-9-16)27-17-12-10-15(11-13-17)20(22)23;13-4-12(10(20)9(19)7(3-18)21-12)8-2-1-6-11(14)15-5-16-17(6)8;1-4(2)3;;;;/h5-11,14,17,19-20,31-32H,4,12H2,1-3H3,(H,29,34)(H2,26,27,28);5-13H,4,14H2,1-3H3;1-2,5,7,9-10,18-20H,3H2,(H2,14,15,16);1-3H3;1H4;1H;;1H3/q;;;-1;;;+2;/p-1/t17-,19-,20-,24+,39?;;7-,9-,10-,12+;;;;;/m1.1...../s1. The van der Waals surface area contributed by atoms with Crippen molar-refractivity contribution in [1.29, 1.82) is 10.5 Å². The van der Waals surface area contributed by atoms with Crippen molar-refractivity contribution in [3.05, 3.63) is 149 Å². The van der Waals surface area contributed by atoms with Gasteiger partial charge < -0.3 is 94.0 Å². The Hall–Kier alpha value is -7.66. The molecular formula is C60H80ClMgN13O19P2. The molecule has 32 nitrogen and oxygen atoms in total. The van der Waals surface area contributed by atoms with Gasteiger partial charge in [0.15, 0.2) is 11.6 Å². The second-order valence-electron chi connectivity index (χ2n) is 22.2. The van der Waals surface area contributed by atoms with Crippen molar-refractivity contribution in [2.75, 3.05) is 44.1 Å². The Balaban J connectivity index is 0.000000486. The van der Waals surface area contributed by atoms with Crippen LogP contribution in [0.5, 0.6) is 17.2 Å². The molecule has 13 N–H and O–H groups in total. The number of esters is 2. The molecule has 0 amide bonds. The number of carbonyl (C=O) groups is 2. The summed E-state index contributed by atoms with van der Waals surface area (Å²) in [5, 5.41) is 92.1. The molecule has 0 aliphatic carbocycles. The van der Waals surface area contributed by atoms with E-state index in [-0.39, 0.29) is 109 Å². The van der Waals surface area contributed by atoms with Crippen LogP contribution in [0, 0.1) is 44.1 Å². The number of nitrogens with one attached hydrogen (secondary N) is 1. The smallest absolute Gasteiger partial charge is 1.00 e. The number of aromatic nitrogens is 6.